The zero-order valence-corrected chi connectivity index (χ0v) is 19.6. The highest BCUT2D eigenvalue weighted by Crippen LogP contribution is 2.68. The number of nitrogens with one attached hydrogen (secondary N) is 1. The van der Waals surface area contributed by atoms with Crippen molar-refractivity contribution in [2.24, 2.45) is 35.5 Å². The number of likely N-dealkylation sites (tertiary alicyclic amines) is 1. The van der Waals surface area contributed by atoms with Gasteiger partial charge in [-0.1, -0.05) is 31.3 Å². The number of carbonyl (C=O) groups is 3. The van der Waals surface area contributed by atoms with Crippen LogP contribution in [0, 0.1) is 35.5 Å². The van der Waals surface area contributed by atoms with E-state index >= 15 is 0 Å². The molecule has 0 spiro atoms. The SMILES string of the molecule is CC(C)C(C(=O)O)N1C(=O)C2C3CC(C2C1=O)C1C(c2cccnc2)c2sc(=O)[nH]c2SC31. The third-order valence-electron chi connectivity index (χ3n) is 7.96. The van der Waals surface area contributed by atoms with Gasteiger partial charge in [-0.05, 0) is 41.7 Å². The van der Waals surface area contributed by atoms with Crippen LogP contribution in [0.1, 0.15) is 36.6 Å². The van der Waals surface area contributed by atoms with Crippen molar-refractivity contribution in [3.63, 3.8) is 0 Å². The van der Waals surface area contributed by atoms with E-state index < -0.39 is 23.8 Å². The summed E-state index contributed by atoms with van der Waals surface area (Å²) < 4.78 is 0. The van der Waals surface area contributed by atoms with Crippen LogP contribution in [-0.4, -0.2) is 49.0 Å². The molecule has 8 nitrogen and oxygen atoms in total. The van der Waals surface area contributed by atoms with E-state index in [1.807, 2.05) is 18.3 Å². The molecule has 4 aliphatic rings. The molecular formula is C23H23N3O5S2. The number of thioether (sulfide) groups is 1. The minimum Gasteiger partial charge on any atom is -0.480 e. The van der Waals surface area contributed by atoms with E-state index in [1.54, 1.807) is 31.8 Å². The zero-order valence-electron chi connectivity index (χ0n) is 18.0. The average molecular weight is 486 g/mol. The summed E-state index contributed by atoms with van der Waals surface area (Å²) in [6.07, 6.45) is 4.31. The first-order chi connectivity index (χ1) is 15.8. The predicted molar refractivity (Wildman–Crippen MR) is 121 cm³/mol. The van der Waals surface area contributed by atoms with Gasteiger partial charge in [0.25, 0.3) is 0 Å². The second kappa shape index (κ2) is 7.27. The Labute approximate surface area is 197 Å². The van der Waals surface area contributed by atoms with Crippen LogP contribution in [0.25, 0.3) is 0 Å². The number of hydrogen-bond donors (Lipinski definition) is 2. The van der Waals surface area contributed by atoms with Gasteiger partial charge in [0.1, 0.15) is 6.04 Å². The van der Waals surface area contributed by atoms with Gasteiger partial charge >= 0.3 is 10.8 Å². The fraction of sp³-hybridized carbons (Fsp3) is 0.522. The highest BCUT2D eigenvalue weighted by Gasteiger charge is 2.70. The average Bonchev–Trinajstić information content (AvgIpc) is 3.49. The van der Waals surface area contributed by atoms with Gasteiger partial charge in [-0.3, -0.25) is 24.3 Å². The molecule has 8 atom stereocenters. The molecule has 172 valence electrons. The van der Waals surface area contributed by atoms with E-state index in [1.165, 1.54) is 11.3 Å². The Balaban J connectivity index is 1.44. The molecule has 2 aromatic heterocycles. The summed E-state index contributed by atoms with van der Waals surface area (Å²) in [5.74, 6) is -3.17. The number of aliphatic carboxylic acids is 1. The number of carbonyl (C=O) groups excluding carboxylic acids is 2. The summed E-state index contributed by atoms with van der Waals surface area (Å²) in [5, 5.41) is 10.7. The smallest absolute Gasteiger partial charge is 0.327 e. The van der Waals surface area contributed by atoms with Crippen LogP contribution in [0.15, 0.2) is 34.3 Å². The third kappa shape index (κ3) is 2.79. The Kier molecular flexibility index (Phi) is 4.65. The van der Waals surface area contributed by atoms with Crippen molar-refractivity contribution in [3.05, 3.63) is 44.6 Å². The summed E-state index contributed by atoms with van der Waals surface area (Å²) in [5.41, 5.74) is 1.01. The molecule has 8 unspecified atom stereocenters. The van der Waals surface area contributed by atoms with Crippen molar-refractivity contribution in [1.82, 2.24) is 14.9 Å². The second-order valence-electron chi connectivity index (χ2n) is 9.82. The summed E-state index contributed by atoms with van der Waals surface area (Å²) in [6, 6.07) is 2.75. The number of imide groups is 1. The van der Waals surface area contributed by atoms with E-state index in [0.29, 0.717) is 0 Å². The topological polar surface area (TPSA) is 120 Å². The summed E-state index contributed by atoms with van der Waals surface area (Å²) in [4.78, 5) is 60.5. The lowest BCUT2D eigenvalue weighted by atomic mass is 9.68. The largest absolute Gasteiger partial charge is 0.480 e. The number of amides is 2. The number of aromatic amines is 1. The Morgan fingerprint density at radius 2 is 1.94 bits per heavy atom. The van der Waals surface area contributed by atoms with Gasteiger partial charge < -0.3 is 10.1 Å². The van der Waals surface area contributed by atoms with Crippen molar-refractivity contribution in [2.75, 3.05) is 0 Å². The number of rotatable bonds is 4. The highest BCUT2D eigenvalue weighted by atomic mass is 32.2. The van der Waals surface area contributed by atoms with Gasteiger partial charge in [0.15, 0.2) is 0 Å². The van der Waals surface area contributed by atoms with E-state index in [0.717, 1.165) is 26.8 Å². The molecule has 2 aliphatic carbocycles. The molecule has 2 amide bonds. The van der Waals surface area contributed by atoms with E-state index in [4.69, 9.17) is 0 Å². The lowest BCUT2D eigenvalue weighted by Gasteiger charge is -2.42. The van der Waals surface area contributed by atoms with Crippen LogP contribution in [0.3, 0.4) is 0 Å². The maximum atomic E-state index is 13.6. The summed E-state index contributed by atoms with van der Waals surface area (Å²) in [6.45, 7) is 3.45. The number of thiazole rings is 1. The van der Waals surface area contributed by atoms with Crippen molar-refractivity contribution in [3.8, 4) is 0 Å². The van der Waals surface area contributed by atoms with E-state index in [-0.39, 0.29) is 51.5 Å². The van der Waals surface area contributed by atoms with Gasteiger partial charge in [0.05, 0.1) is 16.9 Å². The van der Waals surface area contributed by atoms with Crippen molar-refractivity contribution in [1.29, 1.82) is 0 Å². The molecule has 2 aromatic rings. The standard InChI is InChI=1S/C23H23N3O5S2/c1-8(2)16(22(29)30)26-20(27)14-10-6-11(15(14)21(26)28)17-13(10)12(9-4-3-5-24-7-9)18-19(32-17)25-23(31)33-18/h3-5,7-8,10-17H,6H2,1-2H3,(H,25,31)(H,29,30). The molecule has 2 aliphatic heterocycles. The van der Waals surface area contributed by atoms with Crippen LogP contribution in [0.4, 0.5) is 0 Å². The van der Waals surface area contributed by atoms with Crippen molar-refractivity contribution in [2.45, 2.75) is 42.5 Å². The first kappa shape index (κ1) is 21.1. The Bertz CT molecular complexity index is 1220. The molecule has 33 heavy (non-hydrogen) atoms. The summed E-state index contributed by atoms with van der Waals surface area (Å²) in [7, 11) is 0. The number of carboxylic acids is 1. The van der Waals surface area contributed by atoms with Crippen LogP contribution in [-0.2, 0) is 14.4 Å². The molecule has 0 aromatic carbocycles. The minimum atomic E-state index is -1.14. The zero-order chi connectivity index (χ0) is 23.2. The first-order valence-electron chi connectivity index (χ1n) is 11.2. The van der Waals surface area contributed by atoms with Crippen LogP contribution in [0.5, 0.6) is 0 Å². The van der Waals surface area contributed by atoms with Crippen LogP contribution < -0.4 is 4.87 Å². The molecular weight excluding hydrogens is 462 g/mol. The fourth-order valence-electron chi connectivity index (χ4n) is 6.94. The normalized spacial score (nSPS) is 35.0. The van der Waals surface area contributed by atoms with Gasteiger partial charge in [-0.25, -0.2) is 4.79 Å². The molecule has 6 rings (SSSR count). The number of fused-ring (bicyclic) bond motifs is 9. The Hall–Kier alpha value is -2.46. The summed E-state index contributed by atoms with van der Waals surface area (Å²) >= 11 is 2.83. The van der Waals surface area contributed by atoms with Gasteiger partial charge in [-0.2, -0.15) is 0 Å². The second-order valence-corrected chi connectivity index (χ2v) is 12.0. The van der Waals surface area contributed by atoms with E-state index in [9.17, 15) is 24.3 Å². The Morgan fingerprint density at radius 1 is 1.21 bits per heavy atom. The number of pyridine rings is 1. The van der Waals surface area contributed by atoms with Crippen molar-refractivity contribution < 1.29 is 19.5 Å². The van der Waals surface area contributed by atoms with Gasteiger partial charge in [0.2, 0.25) is 11.8 Å². The molecule has 2 bridgehead atoms. The molecule has 3 fully saturated rings. The van der Waals surface area contributed by atoms with Crippen molar-refractivity contribution >= 4 is 40.9 Å². The Morgan fingerprint density at radius 3 is 2.58 bits per heavy atom. The number of carboxylic acid groups (broad SMARTS) is 1. The van der Waals surface area contributed by atoms with Crippen LogP contribution >= 0.6 is 23.1 Å². The third-order valence-corrected chi connectivity index (χ3v) is 10.6. The molecule has 2 N–H and O–H groups in total. The maximum Gasteiger partial charge on any atom is 0.327 e. The molecule has 10 heteroatoms. The highest BCUT2D eigenvalue weighted by molar-refractivity contribution is 8.00. The lowest BCUT2D eigenvalue weighted by molar-refractivity contribution is -0.157. The fourth-order valence-corrected chi connectivity index (χ4v) is 9.83. The quantitative estimate of drug-likeness (QED) is 0.638. The maximum absolute atomic E-state index is 13.6. The molecule has 2 saturated carbocycles. The van der Waals surface area contributed by atoms with E-state index in [2.05, 4.69) is 9.97 Å². The number of H-pyrrole nitrogens is 1. The molecule has 0 radical (unpaired) electrons. The molecule has 1 saturated heterocycles. The van der Waals surface area contributed by atoms with Gasteiger partial charge in [0, 0.05) is 28.4 Å². The number of hydrogen-bond acceptors (Lipinski definition) is 7. The molecule has 4 heterocycles. The predicted octanol–water partition coefficient (Wildman–Crippen LogP) is 2.41. The number of aromatic nitrogens is 2. The number of nitrogens with zero attached hydrogens (tertiary/aromatic N) is 2. The van der Waals surface area contributed by atoms with Crippen LogP contribution in [0.2, 0.25) is 0 Å². The lowest BCUT2D eigenvalue weighted by Crippen LogP contribution is -2.49. The monoisotopic (exact) mass is 485 g/mol. The van der Waals surface area contributed by atoms with Gasteiger partial charge in [-0.15, -0.1) is 11.8 Å². The minimum absolute atomic E-state index is 0.0196. The first-order valence-corrected chi connectivity index (χ1v) is 12.9.